The first-order valence-corrected chi connectivity index (χ1v) is 3.94. The lowest BCUT2D eigenvalue weighted by Gasteiger charge is -2.04. The first-order chi connectivity index (χ1) is 6.07. The Morgan fingerprint density at radius 3 is 2.62 bits per heavy atom. The molecule has 0 aromatic carbocycles. The summed E-state index contributed by atoms with van der Waals surface area (Å²) in [6.07, 6.45) is -2.03. The monoisotopic (exact) mass is 253 g/mol. The van der Waals surface area contributed by atoms with Gasteiger partial charge in [0, 0.05) is 17.3 Å². The van der Waals surface area contributed by atoms with Crippen molar-refractivity contribution in [2.45, 2.75) is 6.43 Å². The van der Waals surface area contributed by atoms with Gasteiger partial charge in [-0.25, -0.2) is 13.8 Å². The van der Waals surface area contributed by atoms with Crippen LogP contribution in [0, 0.1) is 5.95 Å². The highest BCUT2D eigenvalue weighted by Crippen LogP contribution is 2.27. The molecule has 0 bridgehead atoms. The normalized spacial score (nSPS) is 10.5. The summed E-state index contributed by atoms with van der Waals surface area (Å²) in [6, 6.07) is 0. The third-order valence-electron chi connectivity index (χ3n) is 1.40. The number of rotatable bonds is 2. The van der Waals surface area contributed by atoms with Crippen molar-refractivity contribution in [3.8, 4) is 0 Å². The number of pyridine rings is 1. The van der Waals surface area contributed by atoms with Crippen LogP contribution < -0.4 is 0 Å². The van der Waals surface area contributed by atoms with E-state index in [2.05, 4.69) is 20.9 Å². The Morgan fingerprint density at radius 1 is 1.54 bits per heavy atom. The Morgan fingerprint density at radius 2 is 2.15 bits per heavy atom. The van der Waals surface area contributed by atoms with Crippen LogP contribution in [-0.2, 0) is 0 Å². The fourth-order valence-corrected chi connectivity index (χ4v) is 1.21. The Kier molecular flexibility index (Phi) is 3.02. The summed E-state index contributed by atoms with van der Waals surface area (Å²) in [7, 11) is 0. The van der Waals surface area contributed by atoms with Crippen LogP contribution in [0.4, 0.5) is 13.2 Å². The fourth-order valence-electron chi connectivity index (χ4n) is 0.784. The van der Waals surface area contributed by atoms with Crippen LogP contribution in [-0.4, -0.2) is 11.3 Å². The zero-order chi connectivity index (χ0) is 10.0. The summed E-state index contributed by atoms with van der Waals surface area (Å²) < 4.78 is 36.7. The molecule has 0 fully saturated rings. The molecular weight excluding hydrogens is 251 g/mol. The van der Waals surface area contributed by atoms with E-state index < -0.39 is 23.5 Å². The molecule has 0 spiro atoms. The predicted octanol–water partition coefficient (Wildman–Crippen LogP) is 2.73. The van der Waals surface area contributed by atoms with Crippen LogP contribution in [0.25, 0.3) is 0 Å². The molecule has 0 aliphatic heterocycles. The van der Waals surface area contributed by atoms with Crippen molar-refractivity contribution in [3.63, 3.8) is 0 Å². The maximum atomic E-state index is 12.6. The summed E-state index contributed by atoms with van der Waals surface area (Å²) in [5.74, 6) is -0.980. The minimum atomic E-state index is -2.84. The Hall–Kier alpha value is -0.910. The van der Waals surface area contributed by atoms with Crippen molar-refractivity contribution in [2.75, 3.05) is 0 Å². The quantitative estimate of drug-likeness (QED) is 0.600. The SMILES string of the molecule is O=Cc1c(C(F)F)cnc(F)c1Br. The van der Waals surface area contributed by atoms with Crippen molar-refractivity contribution < 1.29 is 18.0 Å². The highest BCUT2D eigenvalue weighted by molar-refractivity contribution is 9.10. The molecule has 1 rings (SSSR count). The molecular formula is C7H3BrF3NO. The highest BCUT2D eigenvalue weighted by atomic mass is 79.9. The summed E-state index contributed by atoms with van der Waals surface area (Å²) in [5.41, 5.74) is -0.981. The smallest absolute Gasteiger partial charge is 0.266 e. The molecule has 1 heterocycles. The summed E-state index contributed by atoms with van der Waals surface area (Å²) in [5, 5.41) is 0. The van der Waals surface area contributed by atoms with Gasteiger partial charge in [-0.3, -0.25) is 4.79 Å². The average molecular weight is 254 g/mol. The molecule has 0 unspecified atom stereocenters. The molecule has 0 atom stereocenters. The molecule has 0 radical (unpaired) electrons. The van der Waals surface area contributed by atoms with Gasteiger partial charge in [-0.15, -0.1) is 0 Å². The molecule has 0 saturated heterocycles. The third kappa shape index (κ3) is 1.88. The van der Waals surface area contributed by atoms with Gasteiger partial charge in [0.05, 0.1) is 4.47 Å². The lowest BCUT2D eigenvalue weighted by Crippen LogP contribution is -1.99. The second-order valence-electron chi connectivity index (χ2n) is 2.15. The number of halogens is 4. The van der Waals surface area contributed by atoms with Crippen LogP contribution in [0.1, 0.15) is 22.3 Å². The van der Waals surface area contributed by atoms with Crippen molar-refractivity contribution >= 4 is 22.2 Å². The molecule has 1 aromatic rings. The number of carbonyl (C=O) groups excluding carboxylic acids is 1. The van der Waals surface area contributed by atoms with Gasteiger partial charge >= 0.3 is 0 Å². The molecule has 0 aliphatic carbocycles. The van der Waals surface area contributed by atoms with E-state index in [-0.39, 0.29) is 10.8 Å². The van der Waals surface area contributed by atoms with Gasteiger partial charge in [0.2, 0.25) is 5.95 Å². The molecule has 6 heteroatoms. The molecule has 70 valence electrons. The van der Waals surface area contributed by atoms with Crippen molar-refractivity contribution in [1.82, 2.24) is 4.98 Å². The van der Waals surface area contributed by atoms with Gasteiger partial charge in [-0.2, -0.15) is 4.39 Å². The van der Waals surface area contributed by atoms with E-state index in [9.17, 15) is 18.0 Å². The zero-order valence-electron chi connectivity index (χ0n) is 6.10. The number of hydrogen-bond acceptors (Lipinski definition) is 2. The number of aromatic nitrogens is 1. The second-order valence-corrected chi connectivity index (χ2v) is 2.94. The van der Waals surface area contributed by atoms with Gasteiger partial charge in [-0.1, -0.05) is 0 Å². The number of carbonyl (C=O) groups is 1. The molecule has 0 aliphatic rings. The lowest BCUT2D eigenvalue weighted by molar-refractivity contribution is 0.110. The maximum Gasteiger partial charge on any atom is 0.266 e. The van der Waals surface area contributed by atoms with Crippen molar-refractivity contribution in [1.29, 1.82) is 0 Å². The molecule has 1 aromatic heterocycles. The van der Waals surface area contributed by atoms with Crippen LogP contribution in [0.2, 0.25) is 0 Å². The van der Waals surface area contributed by atoms with Crippen molar-refractivity contribution in [3.05, 3.63) is 27.7 Å². The van der Waals surface area contributed by atoms with Crippen molar-refractivity contribution in [2.24, 2.45) is 0 Å². The summed E-state index contributed by atoms with van der Waals surface area (Å²) in [6.45, 7) is 0. The molecule has 0 N–H and O–H groups in total. The van der Waals surface area contributed by atoms with Crippen LogP contribution in [0.15, 0.2) is 10.7 Å². The topological polar surface area (TPSA) is 30.0 Å². The van der Waals surface area contributed by atoms with Crippen LogP contribution in [0.3, 0.4) is 0 Å². The van der Waals surface area contributed by atoms with Crippen LogP contribution in [0.5, 0.6) is 0 Å². The molecule has 0 saturated carbocycles. The minimum absolute atomic E-state index is 0.163. The number of alkyl halides is 2. The number of aldehydes is 1. The van der Waals surface area contributed by atoms with E-state index in [1.54, 1.807) is 0 Å². The first-order valence-electron chi connectivity index (χ1n) is 3.15. The largest absolute Gasteiger partial charge is 0.298 e. The van der Waals surface area contributed by atoms with E-state index in [4.69, 9.17) is 0 Å². The second kappa shape index (κ2) is 3.87. The fraction of sp³-hybridized carbons (Fsp3) is 0.143. The predicted molar refractivity (Wildman–Crippen MR) is 42.2 cm³/mol. The molecule has 2 nitrogen and oxygen atoms in total. The third-order valence-corrected chi connectivity index (χ3v) is 2.15. The zero-order valence-corrected chi connectivity index (χ0v) is 7.69. The van der Waals surface area contributed by atoms with E-state index in [0.29, 0.717) is 6.20 Å². The molecule has 0 amide bonds. The van der Waals surface area contributed by atoms with E-state index in [1.807, 2.05) is 0 Å². The first kappa shape index (κ1) is 10.2. The number of nitrogens with zero attached hydrogens (tertiary/aromatic N) is 1. The Bertz CT molecular complexity index is 343. The highest BCUT2D eigenvalue weighted by Gasteiger charge is 2.18. The summed E-state index contributed by atoms with van der Waals surface area (Å²) >= 11 is 2.66. The average Bonchev–Trinajstić information content (AvgIpc) is 2.09. The van der Waals surface area contributed by atoms with Gasteiger partial charge in [-0.05, 0) is 15.9 Å². The van der Waals surface area contributed by atoms with Gasteiger partial charge in [0.15, 0.2) is 6.29 Å². The minimum Gasteiger partial charge on any atom is -0.298 e. The number of hydrogen-bond donors (Lipinski definition) is 0. The molecule has 13 heavy (non-hydrogen) atoms. The van der Waals surface area contributed by atoms with Gasteiger partial charge in [0.1, 0.15) is 0 Å². The van der Waals surface area contributed by atoms with E-state index in [0.717, 1.165) is 0 Å². The van der Waals surface area contributed by atoms with E-state index in [1.165, 1.54) is 0 Å². The van der Waals surface area contributed by atoms with Gasteiger partial charge in [0.25, 0.3) is 6.43 Å². The summed E-state index contributed by atoms with van der Waals surface area (Å²) in [4.78, 5) is 13.4. The maximum absolute atomic E-state index is 12.6. The Balaban J connectivity index is 3.38. The van der Waals surface area contributed by atoms with Crippen LogP contribution >= 0.6 is 15.9 Å². The van der Waals surface area contributed by atoms with E-state index >= 15 is 0 Å². The lowest BCUT2D eigenvalue weighted by atomic mass is 10.1. The Labute approximate surface area is 79.9 Å². The standard InChI is InChI=1S/C7H3BrF3NO/c8-5-4(2-13)3(6(9)10)1-12-7(5)11/h1-2,6H. The van der Waals surface area contributed by atoms with Gasteiger partial charge < -0.3 is 0 Å².